The first kappa shape index (κ1) is 19.0. The number of aromatic nitrogens is 4. The van der Waals surface area contributed by atoms with Crippen LogP contribution in [0.15, 0.2) is 53.7 Å². The summed E-state index contributed by atoms with van der Waals surface area (Å²) < 4.78 is 16.6. The Labute approximate surface area is 167 Å². The van der Waals surface area contributed by atoms with Crippen molar-refractivity contribution in [3.05, 3.63) is 82.0 Å². The largest absolute Gasteiger partial charge is 0.353 e. The number of hydrogen-bond donors (Lipinski definition) is 1. The average molecular weight is 395 g/mol. The van der Waals surface area contributed by atoms with Crippen LogP contribution in [0.5, 0.6) is 0 Å². The van der Waals surface area contributed by atoms with Gasteiger partial charge in [0.1, 0.15) is 5.82 Å². The van der Waals surface area contributed by atoms with E-state index in [0.717, 1.165) is 30.3 Å². The summed E-state index contributed by atoms with van der Waals surface area (Å²) in [5.74, 6) is -0.554. The van der Waals surface area contributed by atoms with E-state index in [2.05, 4.69) is 15.4 Å². The highest BCUT2D eigenvalue weighted by molar-refractivity contribution is 5.78. The molecular weight excluding hydrogens is 373 g/mol. The van der Waals surface area contributed by atoms with Gasteiger partial charge in [0.2, 0.25) is 5.91 Å². The third kappa shape index (κ3) is 4.59. The molecule has 1 unspecified atom stereocenters. The zero-order valence-electron chi connectivity index (χ0n) is 15.9. The van der Waals surface area contributed by atoms with Crippen LogP contribution >= 0.6 is 0 Å². The third-order valence-electron chi connectivity index (χ3n) is 5.19. The fourth-order valence-electron chi connectivity index (χ4n) is 3.78. The van der Waals surface area contributed by atoms with Crippen molar-refractivity contribution in [3.8, 4) is 0 Å². The fourth-order valence-corrected chi connectivity index (χ4v) is 3.78. The fraction of sp³-hybridized carbons (Fsp3) is 0.333. The smallest absolute Gasteiger partial charge is 0.250 e. The average Bonchev–Trinajstić information content (AvgIpc) is 3.23. The van der Waals surface area contributed by atoms with Gasteiger partial charge in [0, 0.05) is 42.4 Å². The molecule has 8 heteroatoms. The van der Waals surface area contributed by atoms with Crippen molar-refractivity contribution >= 4 is 5.91 Å². The number of aryl methyl sites for hydroxylation is 1. The summed E-state index contributed by atoms with van der Waals surface area (Å²) in [4.78, 5) is 28.6. The highest BCUT2D eigenvalue weighted by Gasteiger charge is 2.23. The van der Waals surface area contributed by atoms with Gasteiger partial charge in [0.25, 0.3) is 5.56 Å². The van der Waals surface area contributed by atoms with Crippen LogP contribution in [0.25, 0.3) is 0 Å². The number of halogens is 1. The molecule has 1 aliphatic carbocycles. The summed E-state index contributed by atoms with van der Waals surface area (Å²) in [6.07, 6.45) is 7.00. The molecule has 0 aromatic carbocycles. The monoisotopic (exact) mass is 395 g/mol. The molecule has 0 bridgehead atoms. The number of pyridine rings is 2. The van der Waals surface area contributed by atoms with Gasteiger partial charge in [0.15, 0.2) is 0 Å². The number of hydrogen-bond acceptors (Lipinski definition) is 4. The molecule has 1 atom stereocenters. The molecule has 1 amide bonds. The number of fused-ring (bicyclic) bond motifs is 1. The lowest BCUT2D eigenvalue weighted by molar-refractivity contribution is -0.121. The zero-order chi connectivity index (χ0) is 20.2. The van der Waals surface area contributed by atoms with Crippen LogP contribution in [0, 0.1) is 5.82 Å². The lowest BCUT2D eigenvalue weighted by atomic mass is 9.91. The Kier molecular flexibility index (Phi) is 5.50. The number of rotatable bonds is 6. The minimum absolute atomic E-state index is 0.00696. The maximum atomic E-state index is 12.9. The van der Waals surface area contributed by atoms with Crippen LogP contribution in [0.2, 0.25) is 0 Å². The van der Waals surface area contributed by atoms with E-state index in [1.54, 1.807) is 16.9 Å². The van der Waals surface area contributed by atoms with Gasteiger partial charge in [-0.1, -0.05) is 6.07 Å². The molecule has 0 spiro atoms. The minimum atomic E-state index is -0.420. The Balaban J connectivity index is 1.40. The van der Waals surface area contributed by atoms with E-state index in [1.165, 1.54) is 12.1 Å². The Morgan fingerprint density at radius 3 is 2.90 bits per heavy atom. The van der Waals surface area contributed by atoms with E-state index in [-0.39, 0.29) is 23.9 Å². The Morgan fingerprint density at radius 1 is 1.24 bits per heavy atom. The van der Waals surface area contributed by atoms with Crippen LogP contribution in [0.4, 0.5) is 4.39 Å². The van der Waals surface area contributed by atoms with E-state index in [1.807, 2.05) is 22.9 Å². The Hall–Kier alpha value is -3.29. The molecule has 4 rings (SSSR count). The van der Waals surface area contributed by atoms with Crippen molar-refractivity contribution in [2.75, 3.05) is 0 Å². The van der Waals surface area contributed by atoms with E-state index in [0.29, 0.717) is 25.2 Å². The Morgan fingerprint density at radius 2 is 2.14 bits per heavy atom. The predicted octanol–water partition coefficient (Wildman–Crippen LogP) is 1.50. The van der Waals surface area contributed by atoms with Crippen LogP contribution in [0.1, 0.15) is 23.4 Å². The lowest BCUT2D eigenvalue weighted by Gasteiger charge is -2.27. The maximum Gasteiger partial charge on any atom is 0.250 e. The van der Waals surface area contributed by atoms with Gasteiger partial charge in [0.05, 0.1) is 19.2 Å². The molecule has 0 radical (unpaired) electrons. The predicted molar refractivity (Wildman–Crippen MR) is 105 cm³/mol. The molecule has 0 aliphatic heterocycles. The van der Waals surface area contributed by atoms with Gasteiger partial charge < -0.3 is 9.88 Å². The van der Waals surface area contributed by atoms with E-state index < -0.39 is 5.82 Å². The first-order chi connectivity index (χ1) is 14.1. The number of nitrogens with zero attached hydrogens (tertiary/aromatic N) is 4. The molecule has 29 heavy (non-hydrogen) atoms. The molecule has 0 fully saturated rings. The molecule has 0 saturated carbocycles. The first-order valence-electron chi connectivity index (χ1n) is 9.67. The molecule has 150 valence electrons. The molecular formula is C21H22FN5O2. The van der Waals surface area contributed by atoms with Crippen LogP contribution in [0.3, 0.4) is 0 Å². The number of amides is 1. The SMILES string of the molecule is O=C(Cc1ccc(F)cn1)NC1CCc2c(ccc(=O)n2CCn2cccn2)C1. The molecule has 1 aliphatic rings. The number of carbonyl (C=O) groups is 1. The summed E-state index contributed by atoms with van der Waals surface area (Å²) in [5, 5.41) is 7.22. The van der Waals surface area contributed by atoms with E-state index in [4.69, 9.17) is 0 Å². The van der Waals surface area contributed by atoms with Gasteiger partial charge in [-0.15, -0.1) is 0 Å². The standard InChI is InChI=1S/C21H22FN5O2/c22-16-3-4-17(23-14-16)13-20(28)25-18-5-6-19-15(12-18)2-7-21(29)27(19)11-10-26-9-1-8-24-26/h1-4,7-9,14,18H,5-6,10-13H2,(H,25,28). The topological polar surface area (TPSA) is 81.8 Å². The number of nitrogens with one attached hydrogen (secondary N) is 1. The summed E-state index contributed by atoms with van der Waals surface area (Å²) >= 11 is 0. The van der Waals surface area contributed by atoms with E-state index in [9.17, 15) is 14.0 Å². The highest BCUT2D eigenvalue weighted by atomic mass is 19.1. The van der Waals surface area contributed by atoms with Crippen molar-refractivity contribution in [2.24, 2.45) is 0 Å². The molecule has 7 nitrogen and oxygen atoms in total. The second-order valence-electron chi connectivity index (χ2n) is 7.22. The Bertz CT molecular complexity index is 1040. The van der Waals surface area contributed by atoms with Gasteiger partial charge >= 0.3 is 0 Å². The second-order valence-corrected chi connectivity index (χ2v) is 7.22. The first-order valence-corrected chi connectivity index (χ1v) is 9.67. The van der Waals surface area contributed by atoms with Crippen molar-refractivity contribution < 1.29 is 9.18 Å². The van der Waals surface area contributed by atoms with Crippen LogP contribution < -0.4 is 10.9 Å². The quantitative estimate of drug-likeness (QED) is 0.686. The summed E-state index contributed by atoms with van der Waals surface area (Å²) in [6, 6.07) is 8.14. The van der Waals surface area contributed by atoms with E-state index >= 15 is 0 Å². The molecule has 0 saturated heterocycles. The van der Waals surface area contributed by atoms with Crippen LogP contribution in [-0.4, -0.2) is 31.3 Å². The van der Waals surface area contributed by atoms with Gasteiger partial charge in [-0.05, 0) is 43.0 Å². The third-order valence-corrected chi connectivity index (χ3v) is 5.19. The van der Waals surface area contributed by atoms with Crippen molar-refractivity contribution in [1.82, 2.24) is 24.6 Å². The molecule has 3 heterocycles. The van der Waals surface area contributed by atoms with Crippen molar-refractivity contribution in [2.45, 2.75) is 44.8 Å². The summed E-state index contributed by atoms with van der Waals surface area (Å²) in [7, 11) is 0. The molecule has 3 aromatic heterocycles. The van der Waals surface area contributed by atoms with Crippen molar-refractivity contribution in [3.63, 3.8) is 0 Å². The molecule has 3 aromatic rings. The maximum absolute atomic E-state index is 12.9. The summed E-state index contributed by atoms with van der Waals surface area (Å²) in [5.41, 5.74) is 2.64. The van der Waals surface area contributed by atoms with Gasteiger partial charge in [-0.3, -0.25) is 19.3 Å². The molecule has 1 N–H and O–H groups in total. The van der Waals surface area contributed by atoms with Gasteiger partial charge in [-0.25, -0.2) is 4.39 Å². The lowest BCUT2D eigenvalue weighted by Crippen LogP contribution is -2.41. The summed E-state index contributed by atoms with van der Waals surface area (Å²) in [6.45, 7) is 1.20. The minimum Gasteiger partial charge on any atom is -0.353 e. The van der Waals surface area contributed by atoms with Gasteiger partial charge in [-0.2, -0.15) is 5.10 Å². The zero-order valence-corrected chi connectivity index (χ0v) is 15.9. The van der Waals surface area contributed by atoms with Crippen LogP contribution in [-0.2, 0) is 37.1 Å². The van der Waals surface area contributed by atoms with Crippen molar-refractivity contribution in [1.29, 1.82) is 0 Å². The number of carbonyl (C=O) groups excluding carboxylic acids is 1. The normalized spacial score (nSPS) is 15.7. The highest BCUT2D eigenvalue weighted by Crippen LogP contribution is 2.20. The second kappa shape index (κ2) is 8.38.